The van der Waals surface area contributed by atoms with E-state index in [1.807, 2.05) is 18.2 Å². The van der Waals surface area contributed by atoms with E-state index in [2.05, 4.69) is 24.3 Å². The minimum Gasteiger partial charge on any atom is -0.457 e. The van der Waals surface area contributed by atoms with Crippen LogP contribution in [0.2, 0.25) is 0 Å². The van der Waals surface area contributed by atoms with E-state index in [1.54, 1.807) is 0 Å². The first-order chi connectivity index (χ1) is 8.42. The lowest BCUT2D eigenvalue weighted by atomic mass is 9.89. The Kier molecular flexibility index (Phi) is 3.00. The predicted molar refractivity (Wildman–Crippen MR) is 71.8 cm³/mol. The topological polar surface area (TPSA) is 13.1 Å². The van der Waals surface area contributed by atoms with E-state index in [4.69, 9.17) is 4.42 Å². The zero-order chi connectivity index (χ0) is 11.5. The molecule has 0 amide bonds. The van der Waals surface area contributed by atoms with Crippen LogP contribution in [0.5, 0.6) is 0 Å². The molecule has 0 atom stereocenters. The van der Waals surface area contributed by atoms with Gasteiger partial charge in [-0.2, -0.15) is 0 Å². The Morgan fingerprint density at radius 1 is 1.06 bits per heavy atom. The number of benzene rings is 1. The number of para-hydroxylation sites is 1. The van der Waals surface area contributed by atoms with Crippen LogP contribution in [0.15, 0.2) is 40.8 Å². The summed E-state index contributed by atoms with van der Waals surface area (Å²) in [6.45, 7) is 0. The number of hydrogen-bond acceptors (Lipinski definition) is 1. The first kappa shape index (κ1) is 10.6. The Bertz CT molecular complexity index is 482. The maximum absolute atomic E-state index is 5.77. The Morgan fingerprint density at radius 2 is 1.88 bits per heavy atom. The summed E-state index contributed by atoms with van der Waals surface area (Å²) in [7, 11) is 0. The minimum absolute atomic E-state index is 0.761. The standard InChI is InChI=1S/C16H18O/c1-2-6-13(7-3-1)10-11-15-12-14-8-4-5-9-16(14)17-15/h4-5,8-13H,1-3,6-7H2/b11-10+. The van der Waals surface area contributed by atoms with E-state index in [9.17, 15) is 0 Å². The van der Waals surface area contributed by atoms with Gasteiger partial charge in [-0.25, -0.2) is 0 Å². The van der Waals surface area contributed by atoms with Crippen molar-refractivity contribution in [2.24, 2.45) is 5.92 Å². The van der Waals surface area contributed by atoms with E-state index in [1.165, 1.54) is 37.5 Å². The number of allylic oxidation sites excluding steroid dienone is 1. The van der Waals surface area contributed by atoms with Crippen molar-refractivity contribution >= 4 is 17.0 Å². The molecule has 1 aliphatic rings. The van der Waals surface area contributed by atoms with Gasteiger partial charge in [-0.15, -0.1) is 0 Å². The largest absolute Gasteiger partial charge is 0.457 e. The number of hydrogen-bond donors (Lipinski definition) is 0. The van der Waals surface area contributed by atoms with Gasteiger partial charge in [0, 0.05) is 5.39 Å². The Balaban J connectivity index is 1.77. The molecule has 88 valence electrons. The molecule has 1 nitrogen and oxygen atoms in total. The van der Waals surface area contributed by atoms with Crippen molar-refractivity contribution in [3.8, 4) is 0 Å². The van der Waals surface area contributed by atoms with Crippen molar-refractivity contribution in [2.45, 2.75) is 32.1 Å². The van der Waals surface area contributed by atoms with Gasteiger partial charge in [-0.1, -0.05) is 43.5 Å². The highest BCUT2D eigenvalue weighted by Gasteiger charge is 2.10. The molecule has 1 heteroatoms. The summed E-state index contributed by atoms with van der Waals surface area (Å²) in [5, 5.41) is 1.19. The normalized spacial score (nSPS) is 18.1. The van der Waals surface area contributed by atoms with Crippen molar-refractivity contribution in [1.82, 2.24) is 0 Å². The summed E-state index contributed by atoms with van der Waals surface area (Å²) in [4.78, 5) is 0. The zero-order valence-electron chi connectivity index (χ0n) is 10.1. The van der Waals surface area contributed by atoms with Crippen LogP contribution in [0.25, 0.3) is 17.0 Å². The number of rotatable bonds is 2. The van der Waals surface area contributed by atoms with E-state index in [0.717, 1.165) is 17.3 Å². The molecule has 0 radical (unpaired) electrons. The van der Waals surface area contributed by atoms with E-state index >= 15 is 0 Å². The predicted octanol–water partition coefficient (Wildman–Crippen LogP) is 5.03. The SMILES string of the molecule is C(=C\C1CCCCC1)/c1cc2ccccc2o1. The van der Waals surface area contributed by atoms with Gasteiger partial charge in [0.05, 0.1) is 0 Å². The van der Waals surface area contributed by atoms with Crippen LogP contribution in [-0.2, 0) is 0 Å². The molecule has 1 aromatic heterocycles. The second kappa shape index (κ2) is 4.79. The maximum Gasteiger partial charge on any atom is 0.134 e. The van der Waals surface area contributed by atoms with Crippen LogP contribution in [-0.4, -0.2) is 0 Å². The van der Waals surface area contributed by atoms with Crippen LogP contribution in [0.1, 0.15) is 37.9 Å². The summed E-state index contributed by atoms with van der Waals surface area (Å²) < 4.78 is 5.77. The van der Waals surface area contributed by atoms with Crippen molar-refractivity contribution < 1.29 is 4.42 Å². The van der Waals surface area contributed by atoms with Crippen LogP contribution in [0.4, 0.5) is 0 Å². The van der Waals surface area contributed by atoms with Gasteiger partial charge < -0.3 is 4.42 Å². The molecular weight excluding hydrogens is 208 g/mol. The molecule has 1 fully saturated rings. The zero-order valence-corrected chi connectivity index (χ0v) is 10.1. The van der Waals surface area contributed by atoms with Gasteiger partial charge in [0.2, 0.25) is 0 Å². The average Bonchev–Trinajstić information content (AvgIpc) is 2.80. The monoisotopic (exact) mass is 226 g/mol. The maximum atomic E-state index is 5.77. The van der Waals surface area contributed by atoms with Gasteiger partial charge in [0.15, 0.2) is 0 Å². The molecule has 0 aliphatic heterocycles. The molecule has 1 aliphatic carbocycles. The molecule has 0 saturated heterocycles. The van der Waals surface area contributed by atoms with Gasteiger partial charge in [0.25, 0.3) is 0 Å². The fourth-order valence-electron chi connectivity index (χ4n) is 2.64. The van der Waals surface area contributed by atoms with Crippen molar-refractivity contribution in [1.29, 1.82) is 0 Å². The Morgan fingerprint density at radius 3 is 2.71 bits per heavy atom. The Labute approximate surface area is 102 Å². The smallest absolute Gasteiger partial charge is 0.134 e. The highest BCUT2D eigenvalue weighted by Crippen LogP contribution is 2.26. The minimum atomic E-state index is 0.761. The summed E-state index contributed by atoms with van der Waals surface area (Å²) in [5.74, 6) is 1.74. The second-order valence-corrected chi connectivity index (χ2v) is 4.94. The molecule has 3 rings (SSSR count). The molecule has 1 heterocycles. The summed E-state index contributed by atoms with van der Waals surface area (Å²) in [6.07, 6.45) is 11.3. The lowest BCUT2D eigenvalue weighted by Gasteiger charge is -2.17. The van der Waals surface area contributed by atoms with Gasteiger partial charge in [-0.05, 0) is 37.0 Å². The molecule has 0 N–H and O–H groups in total. The fourth-order valence-corrected chi connectivity index (χ4v) is 2.64. The van der Waals surface area contributed by atoms with Gasteiger partial charge in [-0.3, -0.25) is 0 Å². The second-order valence-electron chi connectivity index (χ2n) is 4.94. The molecule has 1 saturated carbocycles. The van der Waals surface area contributed by atoms with Gasteiger partial charge >= 0.3 is 0 Å². The summed E-state index contributed by atoms with van der Waals surface area (Å²) in [6, 6.07) is 10.3. The highest BCUT2D eigenvalue weighted by molar-refractivity contribution is 5.79. The third-order valence-corrected chi connectivity index (χ3v) is 3.63. The molecule has 2 aromatic rings. The van der Waals surface area contributed by atoms with Crippen LogP contribution in [0.3, 0.4) is 0 Å². The van der Waals surface area contributed by atoms with Crippen molar-refractivity contribution in [3.63, 3.8) is 0 Å². The summed E-state index contributed by atoms with van der Waals surface area (Å²) in [5.41, 5.74) is 0.982. The first-order valence-electron chi connectivity index (χ1n) is 6.58. The van der Waals surface area contributed by atoms with E-state index in [-0.39, 0.29) is 0 Å². The van der Waals surface area contributed by atoms with Crippen molar-refractivity contribution in [2.75, 3.05) is 0 Å². The van der Waals surface area contributed by atoms with Gasteiger partial charge in [0.1, 0.15) is 11.3 Å². The molecular formula is C16H18O. The molecule has 0 bridgehead atoms. The van der Waals surface area contributed by atoms with Crippen molar-refractivity contribution in [3.05, 3.63) is 42.2 Å². The summed E-state index contributed by atoms with van der Waals surface area (Å²) >= 11 is 0. The first-order valence-corrected chi connectivity index (χ1v) is 6.58. The molecule has 17 heavy (non-hydrogen) atoms. The molecule has 1 aromatic carbocycles. The fraction of sp³-hybridized carbons (Fsp3) is 0.375. The third-order valence-electron chi connectivity index (χ3n) is 3.63. The quantitative estimate of drug-likeness (QED) is 0.700. The van der Waals surface area contributed by atoms with Crippen LogP contribution >= 0.6 is 0 Å². The molecule has 0 spiro atoms. The van der Waals surface area contributed by atoms with Crippen LogP contribution < -0.4 is 0 Å². The number of fused-ring (bicyclic) bond motifs is 1. The number of furan rings is 1. The molecule has 0 unspecified atom stereocenters. The van der Waals surface area contributed by atoms with E-state index < -0.39 is 0 Å². The lowest BCUT2D eigenvalue weighted by molar-refractivity contribution is 0.420. The lowest BCUT2D eigenvalue weighted by Crippen LogP contribution is -2.02. The average molecular weight is 226 g/mol. The third kappa shape index (κ3) is 2.44. The van der Waals surface area contributed by atoms with Crippen LogP contribution in [0, 0.1) is 5.92 Å². The van der Waals surface area contributed by atoms with E-state index in [0.29, 0.717) is 0 Å². The Hall–Kier alpha value is -1.50. The highest BCUT2D eigenvalue weighted by atomic mass is 16.3.